The van der Waals surface area contributed by atoms with Crippen molar-refractivity contribution in [1.29, 1.82) is 0 Å². The minimum Gasteiger partial charge on any atom is -0.303 e. The topological polar surface area (TPSA) is 8.29 Å². The van der Waals surface area contributed by atoms with Crippen molar-refractivity contribution in [3.63, 3.8) is 0 Å². The van der Waals surface area contributed by atoms with Gasteiger partial charge in [0.1, 0.15) is 12.6 Å². The normalized spacial score (nSPS) is 12.6. The van der Waals surface area contributed by atoms with Crippen LogP contribution in [0.3, 0.4) is 0 Å². The number of fused-ring (bicyclic) bond motifs is 9. The van der Waals surface area contributed by atoms with Crippen LogP contribution in [0, 0.1) is 6.92 Å². The predicted octanol–water partition coefficient (Wildman–Crippen LogP) is 6.34. The average molecular weight is 377 g/mol. The van der Waals surface area contributed by atoms with E-state index in [0.29, 0.717) is 0 Å². The summed E-state index contributed by atoms with van der Waals surface area (Å²) < 4.78 is 6.17. The highest BCUT2D eigenvalue weighted by Gasteiger charge is 2.25. The van der Waals surface area contributed by atoms with Gasteiger partial charge in [-0.25, -0.2) is 0 Å². The third-order valence-corrected chi connectivity index (χ3v) is 7.28. The number of hydrogen-bond donors (Lipinski definition) is 0. The van der Waals surface area contributed by atoms with E-state index in [1.165, 1.54) is 64.6 Å². The molecule has 0 radical (unpaired) electrons. The first kappa shape index (κ1) is 14.8. The molecule has 0 spiro atoms. The minimum atomic E-state index is 1.27. The van der Waals surface area contributed by atoms with Gasteiger partial charge in [0.15, 0.2) is 6.20 Å². The Hall–Kier alpha value is -3.17. The summed E-state index contributed by atoms with van der Waals surface area (Å²) in [5.74, 6) is 0. The van der Waals surface area contributed by atoms with E-state index in [1.807, 2.05) is 11.3 Å². The first-order valence-corrected chi connectivity index (χ1v) is 10.5. The van der Waals surface area contributed by atoms with Crippen molar-refractivity contribution in [2.45, 2.75) is 6.92 Å². The number of para-hydroxylation sites is 1. The van der Waals surface area contributed by atoms with Crippen molar-refractivity contribution in [1.82, 2.24) is 4.40 Å². The van der Waals surface area contributed by atoms with E-state index in [9.17, 15) is 0 Å². The molecule has 4 heterocycles. The molecule has 132 valence electrons. The molecule has 0 saturated carbocycles. The van der Waals surface area contributed by atoms with E-state index in [2.05, 4.69) is 89.1 Å². The highest BCUT2D eigenvalue weighted by atomic mass is 32.1. The van der Waals surface area contributed by atoms with Crippen molar-refractivity contribution in [2.24, 2.45) is 7.05 Å². The Morgan fingerprint density at radius 2 is 1.64 bits per heavy atom. The van der Waals surface area contributed by atoms with E-state index in [4.69, 9.17) is 0 Å². The van der Waals surface area contributed by atoms with Gasteiger partial charge in [0.25, 0.3) is 0 Å². The molecule has 7 aromatic rings. The zero-order valence-corrected chi connectivity index (χ0v) is 16.5. The maximum Gasteiger partial charge on any atom is 0.237 e. The lowest BCUT2D eigenvalue weighted by molar-refractivity contribution is -0.644. The fourth-order valence-corrected chi connectivity index (χ4v) is 6.21. The van der Waals surface area contributed by atoms with Crippen LogP contribution >= 0.6 is 11.3 Å². The highest BCUT2D eigenvalue weighted by Crippen LogP contribution is 2.47. The summed E-state index contributed by atoms with van der Waals surface area (Å²) in [4.78, 5) is 0. The molecule has 3 heteroatoms. The molecule has 0 N–H and O–H groups in total. The van der Waals surface area contributed by atoms with Gasteiger partial charge in [-0.05, 0) is 41.5 Å². The smallest absolute Gasteiger partial charge is 0.237 e. The zero-order valence-electron chi connectivity index (χ0n) is 15.7. The fraction of sp³-hybridized carbons (Fsp3) is 0.0800. The maximum atomic E-state index is 2.49. The van der Waals surface area contributed by atoms with E-state index >= 15 is 0 Å². The fourth-order valence-electron chi connectivity index (χ4n) is 5.24. The first-order valence-electron chi connectivity index (χ1n) is 9.61. The monoisotopic (exact) mass is 377 g/mol. The van der Waals surface area contributed by atoms with Crippen LogP contribution < -0.4 is 4.57 Å². The molecular weight excluding hydrogens is 360 g/mol. The van der Waals surface area contributed by atoms with Crippen LogP contribution in [-0.2, 0) is 7.05 Å². The number of hydrogen-bond acceptors (Lipinski definition) is 1. The van der Waals surface area contributed by atoms with Crippen LogP contribution in [-0.4, -0.2) is 4.40 Å². The largest absolute Gasteiger partial charge is 0.303 e. The molecule has 0 aliphatic heterocycles. The van der Waals surface area contributed by atoms with Crippen LogP contribution in [0.5, 0.6) is 0 Å². The van der Waals surface area contributed by atoms with Crippen molar-refractivity contribution in [3.05, 3.63) is 71.7 Å². The van der Waals surface area contributed by atoms with Crippen LogP contribution in [0.15, 0.2) is 66.2 Å². The molecule has 28 heavy (non-hydrogen) atoms. The molecule has 4 aromatic heterocycles. The maximum absolute atomic E-state index is 2.49. The molecule has 0 atom stereocenters. The van der Waals surface area contributed by atoms with E-state index < -0.39 is 0 Å². The Morgan fingerprint density at radius 1 is 0.786 bits per heavy atom. The lowest BCUT2D eigenvalue weighted by atomic mass is 9.95. The Kier molecular flexibility index (Phi) is 2.55. The van der Waals surface area contributed by atoms with Gasteiger partial charge < -0.3 is 4.40 Å². The standard InChI is InChI=1S/C25H17N2S/c1-14-9-10-15-16-11-13-28-25(16)22-17-6-3-4-7-18(17)27-19-8-5-12-26(2)23(19)20(14)21(15)24(22)27/h3-13H,1-2H3/q+1. The molecular formula is C25H17N2S+. The van der Waals surface area contributed by atoms with Gasteiger partial charge in [0, 0.05) is 32.3 Å². The third kappa shape index (κ3) is 1.51. The SMILES string of the molecule is Cc1ccc2c3ccsc3c3c4ccccc4n4c5ccc[n+](C)c5c1c2c34. The first-order chi connectivity index (χ1) is 13.8. The van der Waals surface area contributed by atoms with Crippen molar-refractivity contribution >= 4 is 70.4 Å². The van der Waals surface area contributed by atoms with Gasteiger partial charge in [0.2, 0.25) is 5.52 Å². The molecule has 0 aliphatic carbocycles. The Labute approximate surface area is 165 Å². The van der Waals surface area contributed by atoms with Crippen molar-refractivity contribution in [2.75, 3.05) is 0 Å². The molecule has 2 nitrogen and oxygen atoms in total. The summed E-state index contributed by atoms with van der Waals surface area (Å²) in [5, 5.41) is 10.5. The quantitative estimate of drug-likeness (QED) is 0.166. The molecule has 0 aliphatic rings. The summed E-state index contributed by atoms with van der Waals surface area (Å²) in [7, 11) is 2.16. The van der Waals surface area contributed by atoms with Gasteiger partial charge in [-0.3, -0.25) is 0 Å². The van der Waals surface area contributed by atoms with E-state index in [0.717, 1.165) is 0 Å². The third-order valence-electron chi connectivity index (χ3n) is 6.34. The number of aryl methyl sites for hydroxylation is 2. The van der Waals surface area contributed by atoms with E-state index in [1.54, 1.807) is 0 Å². The molecule has 3 aromatic carbocycles. The molecule has 0 saturated heterocycles. The Balaban J connectivity index is 2.08. The molecule has 0 fully saturated rings. The second-order valence-electron chi connectivity index (χ2n) is 7.77. The number of benzene rings is 3. The van der Waals surface area contributed by atoms with Gasteiger partial charge in [0.05, 0.1) is 16.4 Å². The van der Waals surface area contributed by atoms with Crippen LogP contribution in [0.2, 0.25) is 0 Å². The highest BCUT2D eigenvalue weighted by molar-refractivity contribution is 7.18. The number of rotatable bonds is 0. The van der Waals surface area contributed by atoms with Crippen molar-refractivity contribution in [3.8, 4) is 0 Å². The van der Waals surface area contributed by atoms with Gasteiger partial charge in [-0.1, -0.05) is 30.3 Å². The van der Waals surface area contributed by atoms with Crippen LogP contribution in [0.25, 0.3) is 59.1 Å². The molecule has 7 rings (SSSR count). The molecule has 0 unspecified atom stereocenters. The average Bonchev–Trinajstić information content (AvgIpc) is 3.31. The van der Waals surface area contributed by atoms with Gasteiger partial charge >= 0.3 is 0 Å². The Bertz CT molecular complexity index is 1730. The summed E-state index contributed by atoms with van der Waals surface area (Å²) in [6.45, 7) is 2.24. The van der Waals surface area contributed by atoms with Crippen LogP contribution in [0.1, 0.15) is 5.56 Å². The Morgan fingerprint density at radius 3 is 2.57 bits per heavy atom. The zero-order chi connectivity index (χ0) is 18.6. The minimum absolute atomic E-state index is 1.27. The van der Waals surface area contributed by atoms with Gasteiger partial charge in [-0.2, -0.15) is 4.57 Å². The number of aromatic nitrogens is 2. The lowest BCUT2D eigenvalue weighted by Gasteiger charge is -2.14. The van der Waals surface area contributed by atoms with Gasteiger partial charge in [-0.15, -0.1) is 11.3 Å². The predicted molar refractivity (Wildman–Crippen MR) is 120 cm³/mol. The molecule has 0 amide bonds. The second-order valence-corrected chi connectivity index (χ2v) is 8.69. The summed E-state index contributed by atoms with van der Waals surface area (Å²) in [6, 6.07) is 20.2. The number of pyridine rings is 2. The van der Waals surface area contributed by atoms with Crippen molar-refractivity contribution < 1.29 is 4.57 Å². The summed E-state index contributed by atoms with van der Waals surface area (Å²) >= 11 is 1.86. The van der Waals surface area contributed by atoms with Crippen LogP contribution in [0.4, 0.5) is 0 Å². The number of nitrogens with zero attached hydrogens (tertiary/aromatic N) is 2. The van der Waals surface area contributed by atoms with E-state index in [-0.39, 0.29) is 0 Å². The molecule has 0 bridgehead atoms. The summed E-state index contributed by atoms with van der Waals surface area (Å²) in [6.07, 6.45) is 2.16. The lowest BCUT2D eigenvalue weighted by Crippen LogP contribution is -2.29. The number of thiophene rings is 1. The second kappa shape index (κ2) is 4.81. The summed E-state index contributed by atoms with van der Waals surface area (Å²) in [5.41, 5.74) is 6.57.